The van der Waals surface area contributed by atoms with Gasteiger partial charge in [0.1, 0.15) is 0 Å². The van der Waals surface area contributed by atoms with Gasteiger partial charge in [0.05, 0.1) is 12.0 Å². The number of carbonyl (C=O) groups is 2. The standard InChI is InChI=1S/C19H27N3O3/c1-25-14-13-21-11-4-8-19(18(21)24)9-12-22(15-19)17(23)7-6-16-5-2-3-10-20-16/h2-3,5,10H,4,6-9,11-15H2,1H3/t19-/m0/s1. The second-order valence-corrected chi connectivity index (χ2v) is 7.06. The molecule has 0 N–H and O–H groups in total. The van der Waals surface area contributed by atoms with Gasteiger partial charge in [-0.3, -0.25) is 14.6 Å². The van der Waals surface area contributed by atoms with Crippen molar-refractivity contribution < 1.29 is 14.3 Å². The molecular formula is C19H27N3O3. The Labute approximate surface area is 149 Å². The number of carbonyl (C=O) groups excluding carboxylic acids is 2. The number of pyridine rings is 1. The SMILES string of the molecule is COCCN1CCC[C@@]2(CCN(C(=O)CCc3ccccn3)C2)C1=O. The third-order valence-electron chi connectivity index (χ3n) is 5.42. The van der Waals surface area contributed by atoms with E-state index in [2.05, 4.69) is 4.98 Å². The number of nitrogens with zero attached hydrogens (tertiary/aromatic N) is 3. The third-order valence-corrected chi connectivity index (χ3v) is 5.42. The molecule has 25 heavy (non-hydrogen) atoms. The molecule has 6 heteroatoms. The molecular weight excluding hydrogens is 318 g/mol. The number of amides is 2. The van der Waals surface area contributed by atoms with Crippen LogP contribution in [0.4, 0.5) is 0 Å². The van der Waals surface area contributed by atoms with Crippen LogP contribution in [0.3, 0.4) is 0 Å². The fourth-order valence-electron chi connectivity index (χ4n) is 3.97. The van der Waals surface area contributed by atoms with Crippen molar-refractivity contribution in [3.05, 3.63) is 30.1 Å². The van der Waals surface area contributed by atoms with E-state index in [9.17, 15) is 9.59 Å². The molecule has 0 unspecified atom stereocenters. The maximum atomic E-state index is 12.9. The number of likely N-dealkylation sites (tertiary alicyclic amines) is 2. The minimum absolute atomic E-state index is 0.129. The van der Waals surface area contributed by atoms with Crippen LogP contribution in [0.5, 0.6) is 0 Å². The monoisotopic (exact) mass is 345 g/mol. The van der Waals surface area contributed by atoms with Crippen LogP contribution in [-0.4, -0.2) is 66.5 Å². The summed E-state index contributed by atoms with van der Waals surface area (Å²) in [6.45, 7) is 3.26. The average molecular weight is 345 g/mol. The molecule has 136 valence electrons. The molecule has 2 saturated heterocycles. The average Bonchev–Trinajstić information content (AvgIpc) is 3.07. The zero-order valence-electron chi connectivity index (χ0n) is 14.9. The van der Waals surface area contributed by atoms with Crippen LogP contribution in [-0.2, 0) is 20.7 Å². The molecule has 0 saturated carbocycles. The lowest BCUT2D eigenvalue weighted by Crippen LogP contribution is -2.51. The molecule has 6 nitrogen and oxygen atoms in total. The van der Waals surface area contributed by atoms with Crippen LogP contribution in [0.25, 0.3) is 0 Å². The molecule has 1 atom stereocenters. The summed E-state index contributed by atoms with van der Waals surface area (Å²) in [5.41, 5.74) is 0.566. The van der Waals surface area contributed by atoms with Gasteiger partial charge in [-0.15, -0.1) is 0 Å². The lowest BCUT2D eigenvalue weighted by molar-refractivity contribution is -0.146. The Bertz CT molecular complexity index is 607. The van der Waals surface area contributed by atoms with Crippen molar-refractivity contribution in [3.8, 4) is 0 Å². The summed E-state index contributed by atoms with van der Waals surface area (Å²) in [7, 11) is 1.65. The minimum Gasteiger partial charge on any atom is -0.383 e. The number of aromatic nitrogens is 1. The van der Waals surface area contributed by atoms with Crippen molar-refractivity contribution in [1.82, 2.24) is 14.8 Å². The Kier molecular flexibility index (Phi) is 5.68. The minimum atomic E-state index is -0.368. The summed E-state index contributed by atoms with van der Waals surface area (Å²) in [4.78, 5) is 33.5. The first kappa shape index (κ1) is 17.9. The Morgan fingerprint density at radius 2 is 2.20 bits per heavy atom. The second-order valence-electron chi connectivity index (χ2n) is 7.06. The first-order chi connectivity index (χ1) is 12.1. The summed E-state index contributed by atoms with van der Waals surface area (Å²) in [6.07, 6.45) is 5.53. The van der Waals surface area contributed by atoms with E-state index in [4.69, 9.17) is 4.74 Å². The molecule has 2 fully saturated rings. The molecule has 1 aromatic rings. The van der Waals surface area contributed by atoms with E-state index in [-0.39, 0.29) is 17.2 Å². The summed E-state index contributed by atoms with van der Waals surface area (Å²) < 4.78 is 5.11. The zero-order chi connectivity index (χ0) is 17.7. The summed E-state index contributed by atoms with van der Waals surface area (Å²) in [5, 5.41) is 0. The highest BCUT2D eigenvalue weighted by Crippen LogP contribution is 2.40. The van der Waals surface area contributed by atoms with E-state index < -0.39 is 0 Å². The number of rotatable bonds is 6. The largest absolute Gasteiger partial charge is 0.383 e. The highest BCUT2D eigenvalue weighted by molar-refractivity contribution is 5.86. The van der Waals surface area contributed by atoms with Crippen molar-refractivity contribution in [2.75, 3.05) is 39.9 Å². The Hall–Kier alpha value is -1.95. The van der Waals surface area contributed by atoms with Crippen molar-refractivity contribution in [2.45, 2.75) is 32.1 Å². The molecule has 2 aliphatic rings. The van der Waals surface area contributed by atoms with Crippen molar-refractivity contribution in [2.24, 2.45) is 5.41 Å². The normalized spacial score (nSPS) is 23.5. The first-order valence-electron chi connectivity index (χ1n) is 9.11. The molecule has 1 aromatic heterocycles. The Morgan fingerprint density at radius 3 is 2.96 bits per heavy atom. The number of ether oxygens (including phenoxy) is 1. The van der Waals surface area contributed by atoms with Crippen LogP contribution < -0.4 is 0 Å². The quantitative estimate of drug-likeness (QED) is 0.784. The van der Waals surface area contributed by atoms with Gasteiger partial charge < -0.3 is 14.5 Å². The van der Waals surface area contributed by atoms with Crippen LogP contribution >= 0.6 is 0 Å². The third kappa shape index (κ3) is 4.00. The number of hydrogen-bond donors (Lipinski definition) is 0. The smallest absolute Gasteiger partial charge is 0.230 e. The van der Waals surface area contributed by atoms with Crippen LogP contribution in [0.2, 0.25) is 0 Å². The summed E-state index contributed by atoms with van der Waals surface area (Å²) in [5.74, 6) is 0.333. The lowest BCUT2D eigenvalue weighted by Gasteiger charge is -2.39. The van der Waals surface area contributed by atoms with Crippen LogP contribution in [0.1, 0.15) is 31.4 Å². The van der Waals surface area contributed by atoms with Crippen LogP contribution in [0, 0.1) is 5.41 Å². The van der Waals surface area contributed by atoms with E-state index in [1.165, 1.54) is 0 Å². The molecule has 0 radical (unpaired) electrons. The van der Waals surface area contributed by atoms with Gasteiger partial charge in [0.15, 0.2) is 0 Å². The Balaban J connectivity index is 1.56. The highest BCUT2D eigenvalue weighted by Gasteiger charge is 2.49. The van der Waals surface area contributed by atoms with Crippen molar-refractivity contribution >= 4 is 11.8 Å². The summed E-state index contributed by atoms with van der Waals surface area (Å²) >= 11 is 0. The fraction of sp³-hybridized carbons (Fsp3) is 0.632. The van der Waals surface area contributed by atoms with Gasteiger partial charge in [0, 0.05) is 51.6 Å². The maximum absolute atomic E-state index is 12.9. The summed E-state index contributed by atoms with van der Waals surface area (Å²) in [6, 6.07) is 5.75. The van der Waals surface area contributed by atoms with E-state index in [1.807, 2.05) is 28.0 Å². The fourth-order valence-corrected chi connectivity index (χ4v) is 3.97. The van der Waals surface area contributed by atoms with Gasteiger partial charge in [-0.1, -0.05) is 6.07 Å². The van der Waals surface area contributed by atoms with Gasteiger partial charge in [-0.25, -0.2) is 0 Å². The predicted octanol–water partition coefficient (Wildman–Crippen LogP) is 1.50. The van der Waals surface area contributed by atoms with E-state index in [0.717, 1.165) is 31.5 Å². The van der Waals surface area contributed by atoms with Gasteiger partial charge >= 0.3 is 0 Å². The van der Waals surface area contributed by atoms with E-state index in [0.29, 0.717) is 39.1 Å². The van der Waals surface area contributed by atoms with Gasteiger partial charge in [0.25, 0.3) is 0 Å². The molecule has 3 heterocycles. The number of aryl methyl sites for hydroxylation is 1. The molecule has 2 amide bonds. The number of methoxy groups -OCH3 is 1. The maximum Gasteiger partial charge on any atom is 0.230 e. The lowest BCUT2D eigenvalue weighted by atomic mass is 9.78. The predicted molar refractivity (Wildman–Crippen MR) is 93.9 cm³/mol. The van der Waals surface area contributed by atoms with E-state index in [1.54, 1.807) is 13.3 Å². The Morgan fingerprint density at radius 1 is 1.32 bits per heavy atom. The highest BCUT2D eigenvalue weighted by atomic mass is 16.5. The number of hydrogen-bond acceptors (Lipinski definition) is 4. The molecule has 0 bridgehead atoms. The second kappa shape index (κ2) is 7.95. The van der Waals surface area contributed by atoms with Crippen molar-refractivity contribution in [3.63, 3.8) is 0 Å². The van der Waals surface area contributed by atoms with Crippen LogP contribution in [0.15, 0.2) is 24.4 Å². The van der Waals surface area contributed by atoms with Gasteiger partial charge in [-0.05, 0) is 37.8 Å². The van der Waals surface area contributed by atoms with Gasteiger partial charge in [-0.2, -0.15) is 0 Å². The molecule has 1 spiro atoms. The molecule has 3 rings (SSSR count). The molecule has 2 aliphatic heterocycles. The molecule has 0 aliphatic carbocycles. The van der Waals surface area contributed by atoms with Gasteiger partial charge in [0.2, 0.25) is 11.8 Å². The molecule has 0 aromatic carbocycles. The zero-order valence-corrected chi connectivity index (χ0v) is 14.9. The van der Waals surface area contributed by atoms with E-state index >= 15 is 0 Å². The topological polar surface area (TPSA) is 62.7 Å². The number of piperidine rings is 1. The first-order valence-corrected chi connectivity index (χ1v) is 9.11. The van der Waals surface area contributed by atoms with Crippen molar-refractivity contribution in [1.29, 1.82) is 0 Å².